The molecule has 1 atom stereocenters. The molecule has 0 amide bonds. The van der Waals surface area contributed by atoms with Crippen molar-refractivity contribution in [3.63, 3.8) is 0 Å². The van der Waals surface area contributed by atoms with E-state index in [0.29, 0.717) is 0 Å². The lowest BCUT2D eigenvalue weighted by molar-refractivity contribution is 0.480. The molecule has 0 saturated heterocycles. The van der Waals surface area contributed by atoms with Gasteiger partial charge in [0.2, 0.25) is 0 Å². The molecule has 2 N–H and O–H groups in total. The highest BCUT2D eigenvalue weighted by Gasteiger charge is 2.04. The fourth-order valence-corrected chi connectivity index (χ4v) is 2.31. The van der Waals surface area contributed by atoms with Gasteiger partial charge in [-0.05, 0) is 67.6 Å². The van der Waals surface area contributed by atoms with Crippen LogP contribution in [0, 0.1) is 13.8 Å². The van der Waals surface area contributed by atoms with Crippen LogP contribution in [-0.2, 0) is 6.42 Å². The zero-order chi connectivity index (χ0) is 14.5. The third-order valence-electron chi connectivity index (χ3n) is 3.35. The second kappa shape index (κ2) is 6.58. The van der Waals surface area contributed by atoms with Crippen molar-refractivity contribution in [1.82, 2.24) is 0 Å². The monoisotopic (exact) mass is 269 g/mol. The average Bonchev–Trinajstić information content (AvgIpc) is 2.37. The molecule has 0 bridgehead atoms. The van der Waals surface area contributed by atoms with Crippen LogP contribution in [0.25, 0.3) is 0 Å². The van der Waals surface area contributed by atoms with E-state index in [1.54, 1.807) is 0 Å². The van der Waals surface area contributed by atoms with Gasteiger partial charge in [0.05, 0.1) is 0 Å². The second-order valence-corrected chi connectivity index (χ2v) is 5.45. The van der Waals surface area contributed by atoms with Gasteiger partial charge < -0.3 is 10.5 Å². The van der Waals surface area contributed by atoms with E-state index in [1.807, 2.05) is 12.1 Å². The third kappa shape index (κ3) is 4.10. The molecule has 2 aromatic carbocycles. The molecular weight excluding hydrogens is 246 g/mol. The van der Waals surface area contributed by atoms with Crippen LogP contribution in [0.1, 0.15) is 30.0 Å². The fraction of sp³-hybridized carbons (Fsp3) is 0.333. The summed E-state index contributed by atoms with van der Waals surface area (Å²) in [6, 6.07) is 14.6. The Kier molecular flexibility index (Phi) is 4.80. The van der Waals surface area contributed by atoms with E-state index in [4.69, 9.17) is 10.5 Å². The van der Waals surface area contributed by atoms with Crippen LogP contribution in [0.5, 0.6) is 11.5 Å². The summed E-state index contributed by atoms with van der Waals surface area (Å²) in [5.74, 6) is 1.76. The number of hydrogen-bond acceptors (Lipinski definition) is 2. The van der Waals surface area contributed by atoms with Gasteiger partial charge in [0.1, 0.15) is 11.5 Å². The zero-order valence-corrected chi connectivity index (χ0v) is 12.5. The Morgan fingerprint density at radius 2 is 1.70 bits per heavy atom. The molecule has 0 radical (unpaired) electrons. The fourth-order valence-electron chi connectivity index (χ4n) is 2.31. The van der Waals surface area contributed by atoms with Crippen molar-refractivity contribution < 1.29 is 4.74 Å². The standard InChI is InChI=1S/C18H23NO/c1-4-16(19)11-15-6-5-7-17(12-15)20-18-9-13(2)8-14(3)10-18/h5-10,12,16H,4,11,19H2,1-3H3. The highest BCUT2D eigenvalue weighted by molar-refractivity contribution is 5.38. The lowest BCUT2D eigenvalue weighted by atomic mass is 10.0. The molecule has 2 aromatic rings. The lowest BCUT2D eigenvalue weighted by Crippen LogP contribution is -2.21. The summed E-state index contributed by atoms with van der Waals surface area (Å²) in [6.07, 6.45) is 1.88. The van der Waals surface area contributed by atoms with E-state index in [-0.39, 0.29) is 6.04 Å². The first-order valence-corrected chi connectivity index (χ1v) is 7.17. The summed E-state index contributed by atoms with van der Waals surface area (Å²) in [6.45, 7) is 6.27. The Labute approximate surface area is 121 Å². The second-order valence-electron chi connectivity index (χ2n) is 5.45. The van der Waals surface area contributed by atoms with E-state index in [9.17, 15) is 0 Å². The molecule has 2 nitrogen and oxygen atoms in total. The van der Waals surface area contributed by atoms with Gasteiger partial charge in [-0.25, -0.2) is 0 Å². The summed E-state index contributed by atoms with van der Waals surface area (Å²) in [7, 11) is 0. The maximum absolute atomic E-state index is 6.01. The van der Waals surface area contributed by atoms with E-state index in [2.05, 4.69) is 51.1 Å². The molecule has 1 unspecified atom stereocenters. The molecule has 0 saturated carbocycles. The molecule has 2 rings (SSSR count). The van der Waals surface area contributed by atoms with E-state index >= 15 is 0 Å². The molecule has 0 heterocycles. The van der Waals surface area contributed by atoms with Gasteiger partial charge in [0, 0.05) is 6.04 Å². The maximum atomic E-state index is 6.01. The lowest BCUT2D eigenvalue weighted by Gasteiger charge is -2.11. The van der Waals surface area contributed by atoms with E-state index in [0.717, 1.165) is 24.3 Å². The Morgan fingerprint density at radius 3 is 2.35 bits per heavy atom. The molecule has 0 aliphatic rings. The molecule has 2 heteroatoms. The molecule has 0 spiro atoms. The average molecular weight is 269 g/mol. The third-order valence-corrected chi connectivity index (χ3v) is 3.35. The minimum absolute atomic E-state index is 0.214. The number of rotatable bonds is 5. The smallest absolute Gasteiger partial charge is 0.127 e. The normalized spacial score (nSPS) is 12.2. The number of aryl methyl sites for hydroxylation is 2. The van der Waals surface area contributed by atoms with Crippen molar-refractivity contribution in [2.45, 2.75) is 39.7 Å². The van der Waals surface area contributed by atoms with Crippen molar-refractivity contribution in [3.8, 4) is 11.5 Å². The van der Waals surface area contributed by atoms with Crippen LogP contribution in [-0.4, -0.2) is 6.04 Å². The first-order valence-electron chi connectivity index (χ1n) is 7.17. The molecule has 0 aromatic heterocycles. The van der Waals surface area contributed by atoms with Crippen molar-refractivity contribution in [2.24, 2.45) is 5.73 Å². The van der Waals surface area contributed by atoms with Crippen LogP contribution < -0.4 is 10.5 Å². The van der Waals surface area contributed by atoms with E-state index < -0.39 is 0 Å². The summed E-state index contributed by atoms with van der Waals surface area (Å²) in [5, 5.41) is 0. The van der Waals surface area contributed by atoms with Crippen LogP contribution in [0.15, 0.2) is 42.5 Å². The SMILES string of the molecule is CCC(N)Cc1cccc(Oc2cc(C)cc(C)c2)c1. The van der Waals surface area contributed by atoms with Crippen LogP contribution in [0.3, 0.4) is 0 Å². The van der Waals surface area contributed by atoms with Crippen molar-refractivity contribution in [3.05, 3.63) is 59.2 Å². The first kappa shape index (κ1) is 14.6. The maximum Gasteiger partial charge on any atom is 0.127 e. The predicted molar refractivity (Wildman–Crippen MR) is 84.4 cm³/mol. The van der Waals surface area contributed by atoms with Gasteiger partial charge >= 0.3 is 0 Å². The molecular formula is C18H23NO. The van der Waals surface area contributed by atoms with Gasteiger partial charge in [-0.15, -0.1) is 0 Å². The topological polar surface area (TPSA) is 35.2 Å². The minimum atomic E-state index is 0.214. The van der Waals surface area contributed by atoms with Crippen molar-refractivity contribution in [2.75, 3.05) is 0 Å². The molecule has 106 valence electrons. The highest BCUT2D eigenvalue weighted by Crippen LogP contribution is 2.24. The number of hydrogen-bond donors (Lipinski definition) is 1. The molecule has 20 heavy (non-hydrogen) atoms. The number of nitrogens with two attached hydrogens (primary N) is 1. The Morgan fingerprint density at radius 1 is 1.00 bits per heavy atom. The quantitative estimate of drug-likeness (QED) is 0.874. The Balaban J connectivity index is 2.15. The largest absolute Gasteiger partial charge is 0.457 e. The number of ether oxygens (including phenoxy) is 1. The minimum Gasteiger partial charge on any atom is -0.457 e. The summed E-state index contributed by atoms with van der Waals surface area (Å²) < 4.78 is 5.96. The zero-order valence-electron chi connectivity index (χ0n) is 12.5. The number of benzene rings is 2. The summed E-state index contributed by atoms with van der Waals surface area (Å²) in [5.41, 5.74) is 9.65. The highest BCUT2D eigenvalue weighted by atomic mass is 16.5. The van der Waals surface area contributed by atoms with Gasteiger partial charge in [0.25, 0.3) is 0 Å². The molecule has 0 fully saturated rings. The van der Waals surface area contributed by atoms with Crippen LogP contribution in [0.4, 0.5) is 0 Å². The molecule has 0 aliphatic heterocycles. The molecule has 0 aliphatic carbocycles. The van der Waals surface area contributed by atoms with Crippen molar-refractivity contribution >= 4 is 0 Å². The summed E-state index contributed by atoms with van der Waals surface area (Å²) >= 11 is 0. The first-order chi connectivity index (χ1) is 9.56. The van der Waals surface area contributed by atoms with Gasteiger partial charge in [0.15, 0.2) is 0 Å². The van der Waals surface area contributed by atoms with Crippen molar-refractivity contribution in [1.29, 1.82) is 0 Å². The van der Waals surface area contributed by atoms with Crippen LogP contribution in [0.2, 0.25) is 0 Å². The van der Waals surface area contributed by atoms with E-state index in [1.165, 1.54) is 16.7 Å². The van der Waals surface area contributed by atoms with Gasteiger partial charge in [-0.2, -0.15) is 0 Å². The van der Waals surface area contributed by atoms with Crippen LogP contribution >= 0.6 is 0 Å². The summed E-state index contributed by atoms with van der Waals surface area (Å²) in [4.78, 5) is 0. The van der Waals surface area contributed by atoms with Gasteiger partial charge in [-0.1, -0.05) is 25.1 Å². The predicted octanol–water partition coefficient (Wildman–Crippen LogP) is 4.38. The van der Waals surface area contributed by atoms with Gasteiger partial charge in [-0.3, -0.25) is 0 Å². The Bertz CT molecular complexity index is 557. The Hall–Kier alpha value is -1.80.